The van der Waals surface area contributed by atoms with Crippen molar-refractivity contribution in [2.24, 2.45) is 0 Å². The molecule has 0 aliphatic carbocycles. The molecule has 0 saturated carbocycles. The van der Waals surface area contributed by atoms with Gasteiger partial charge in [-0.25, -0.2) is 0 Å². The molecule has 25 heavy (non-hydrogen) atoms. The van der Waals surface area contributed by atoms with E-state index in [1.165, 1.54) is 0 Å². The Balaban J connectivity index is 1.54. The minimum Gasteiger partial charge on any atom is -0.486 e. The van der Waals surface area contributed by atoms with Crippen molar-refractivity contribution in [2.75, 3.05) is 19.8 Å². The van der Waals surface area contributed by atoms with Crippen LogP contribution in [0.2, 0.25) is 15.1 Å². The lowest BCUT2D eigenvalue weighted by Gasteiger charge is -2.20. The zero-order valence-electron chi connectivity index (χ0n) is 13.3. The van der Waals surface area contributed by atoms with Gasteiger partial charge in [0, 0.05) is 16.6 Å². The molecular formula is C18H16Cl3NO3. The maximum atomic E-state index is 12.1. The van der Waals surface area contributed by atoms with Gasteiger partial charge in [0.1, 0.15) is 13.2 Å². The summed E-state index contributed by atoms with van der Waals surface area (Å²) in [5.74, 6) is 1.12. The van der Waals surface area contributed by atoms with E-state index in [2.05, 4.69) is 5.32 Å². The molecule has 0 radical (unpaired) electrons. The van der Waals surface area contributed by atoms with E-state index in [0.717, 1.165) is 11.1 Å². The number of nitrogens with one attached hydrogen (secondary N) is 1. The van der Waals surface area contributed by atoms with Gasteiger partial charge < -0.3 is 14.8 Å². The highest BCUT2D eigenvalue weighted by atomic mass is 35.5. The Morgan fingerprint density at radius 2 is 1.84 bits per heavy atom. The van der Waals surface area contributed by atoms with Crippen LogP contribution in [-0.2, 0) is 17.6 Å². The second-order valence-corrected chi connectivity index (χ2v) is 6.87. The molecule has 1 N–H and O–H groups in total. The van der Waals surface area contributed by atoms with Gasteiger partial charge in [0.25, 0.3) is 0 Å². The monoisotopic (exact) mass is 399 g/mol. The highest BCUT2D eigenvalue weighted by Crippen LogP contribution is 2.38. The van der Waals surface area contributed by atoms with Crippen molar-refractivity contribution in [3.63, 3.8) is 0 Å². The fourth-order valence-corrected chi connectivity index (χ4v) is 3.32. The molecule has 0 atom stereocenters. The van der Waals surface area contributed by atoms with Crippen molar-refractivity contribution in [1.82, 2.24) is 5.32 Å². The average Bonchev–Trinajstić information content (AvgIpc) is 2.57. The molecule has 0 fully saturated rings. The number of carbonyl (C=O) groups excluding carboxylic acids is 1. The summed E-state index contributed by atoms with van der Waals surface area (Å²) in [7, 11) is 0. The van der Waals surface area contributed by atoms with E-state index in [1.807, 2.05) is 12.1 Å². The van der Waals surface area contributed by atoms with Gasteiger partial charge in [-0.2, -0.15) is 0 Å². The summed E-state index contributed by atoms with van der Waals surface area (Å²) in [5, 5.41) is 4.43. The first-order chi connectivity index (χ1) is 12.0. The van der Waals surface area contributed by atoms with Gasteiger partial charge >= 0.3 is 0 Å². The van der Waals surface area contributed by atoms with Gasteiger partial charge in [0.2, 0.25) is 5.91 Å². The molecule has 0 saturated heterocycles. The van der Waals surface area contributed by atoms with Crippen LogP contribution in [0.3, 0.4) is 0 Å². The molecule has 7 heteroatoms. The summed E-state index contributed by atoms with van der Waals surface area (Å²) in [5.41, 5.74) is 1.71. The molecule has 0 bridgehead atoms. The minimum absolute atomic E-state index is 0.104. The number of fused-ring (bicyclic) bond motifs is 1. The zero-order chi connectivity index (χ0) is 17.8. The normalized spacial score (nSPS) is 12.8. The predicted octanol–water partition coefficient (Wildman–Crippen LogP) is 4.32. The summed E-state index contributed by atoms with van der Waals surface area (Å²) in [6, 6.07) is 8.82. The van der Waals surface area contributed by atoms with Gasteiger partial charge in [0.05, 0.1) is 11.4 Å². The predicted molar refractivity (Wildman–Crippen MR) is 99.3 cm³/mol. The minimum atomic E-state index is -0.104. The van der Waals surface area contributed by atoms with Crippen molar-refractivity contribution in [3.05, 3.63) is 56.5 Å². The van der Waals surface area contributed by atoms with E-state index in [4.69, 9.17) is 44.3 Å². The molecule has 1 heterocycles. The van der Waals surface area contributed by atoms with E-state index in [1.54, 1.807) is 18.2 Å². The third kappa shape index (κ3) is 4.72. The zero-order valence-corrected chi connectivity index (χ0v) is 15.5. The smallest absolute Gasteiger partial charge is 0.224 e. The van der Waals surface area contributed by atoms with Gasteiger partial charge in [-0.1, -0.05) is 40.9 Å². The molecule has 2 aromatic rings. The third-order valence-electron chi connectivity index (χ3n) is 3.76. The Hall–Kier alpha value is -1.62. The van der Waals surface area contributed by atoms with Crippen LogP contribution in [0.4, 0.5) is 0 Å². The lowest BCUT2D eigenvalue weighted by atomic mass is 10.1. The van der Waals surface area contributed by atoms with E-state index in [0.29, 0.717) is 52.7 Å². The van der Waals surface area contributed by atoms with Gasteiger partial charge in [0.15, 0.2) is 11.5 Å². The van der Waals surface area contributed by atoms with Crippen LogP contribution >= 0.6 is 34.8 Å². The molecule has 0 unspecified atom stereocenters. The molecule has 1 aliphatic heterocycles. The van der Waals surface area contributed by atoms with E-state index in [9.17, 15) is 4.79 Å². The standard InChI is InChI=1S/C18H16Cl3NO3/c19-13-2-1-12(14(20)10-13)9-17(23)22-4-3-11-7-15(21)18-16(8-11)24-5-6-25-18/h1-2,7-8,10H,3-6,9H2,(H,22,23). The molecule has 2 aromatic carbocycles. The van der Waals surface area contributed by atoms with Crippen molar-refractivity contribution >= 4 is 40.7 Å². The van der Waals surface area contributed by atoms with Crippen LogP contribution in [0.15, 0.2) is 30.3 Å². The first-order valence-electron chi connectivity index (χ1n) is 7.81. The molecule has 0 spiro atoms. The number of rotatable bonds is 5. The largest absolute Gasteiger partial charge is 0.486 e. The molecule has 132 valence electrons. The highest BCUT2D eigenvalue weighted by molar-refractivity contribution is 6.35. The molecule has 0 aromatic heterocycles. The molecule has 1 amide bonds. The van der Waals surface area contributed by atoms with Gasteiger partial charge in [-0.05, 0) is 41.8 Å². The lowest BCUT2D eigenvalue weighted by molar-refractivity contribution is -0.120. The fraction of sp³-hybridized carbons (Fsp3) is 0.278. The van der Waals surface area contributed by atoms with Crippen LogP contribution in [0.1, 0.15) is 11.1 Å². The number of halogens is 3. The Bertz CT molecular complexity index is 795. The number of ether oxygens (including phenoxy) is 2. The van der Waals surface area contributed by atoms with Gasteiger partial charge in [-0.3, -0.25) is 4.79 Å². The third-order valence-corrected chi connectivity index (χ3v) is 4.63. The highest BCUT2D eigenvalue weighted by Gasteiger charge is 2.16. The van der Waals surface area contributed by atoms with Crippen LogP contribution < -0.4 is 14.8 Å². The van der Waals surface area contributed by atoms with Crippen LogP contribution in [0, 0.1) is 0 Å². The number of hydrogen-bond acceptors (Lipinski definition) is 3. The maximum absolute atomic E-state index is 12.1. The van der Waals surface area contributed by atoms with Crippen molar-refractivity contribution in [2.45, 2.75) is 12.8 Å². The van der Waals surface area contributed by atoms with Crippen LogP contribution in [0.5, 0.6) is 11.5 Å². The molecule has 4 nitrogen and oxygen atoms in total. The van der Waals surface area contributed by atoms with E-state index >= 15 is 0 Å². The van der Waals surface area contributed by atoms with Crippen molar-refractivity contribution in [3.8, 4) is 11.5 Å². The van der Waals surface area contributed by atoms with Gasteiger partial charge in [-0.15, -0.1) is 0 Å². The topological polar surface area (TPSA) is 47.6 Å². The van der Waals surface area contributed by atoms with Crippen molar-refractivity contribution < 1.29 is 14.3 Å². The summed E-state index contributed by atoms with van der Waals surface area (Å²) in [6.45, 7) is 1.49. The van der Waals surface area contributed by atoms with Crippen molar-refractivity contribution in [1.29, 1.82) is 0 Å². The first-order valence-corrected chi connectivity index (χ1v) is 8.95. The number of benzene rings is 2. The second-order valence-electron chi connectivity index (χ2n) is 5.61. The quantitative estimate of drug-likeness (QED) is 0.813. The average molecular weight is 401 g/mol. The summed E-state index contributed by atoms with van der Waals surface area (Å²) >= 11 is 18.1. The molecule has 1 aliphatic rings. The molecular weight excluding hydrogens is 385 g/mol. The summed E-state index contributed by atoms with van der Waals surface area (Å²) in [4.78, 5) is 12.1. The Labute approximate surface area is 161 Å². The maximum Gasteiger partial charge on any atom is 0.224 e. The Morgan fingerprint density at radius 1 is 1.04 bits per heavy atom. The first kappa shape index (κ1) is 18.2. The number of carbonyl (C=O) groups is 1. The summed E-state index contributed by atoms with van der Waals surface area (Å²) in [6.07, 6.45) is 0.842. The van der Waals surface area contributed by atoms with Crippen LogP contribution in [-0.4, -0.2) is 25.7 Å². The number of hydrogen-bond donors (Lipinski definition) is 1. The van der Waals surface area contributed by atoms with E-state index in [-0.39, 0.29) is 12.3 Å². The Kier molecular flexibility index (Phi) is 5.94. The summed E-state index contributed by atoms with van der Waals surface area (Å²) < 4.78 is 11.0. The fourth-order valence-electron chi connectivity index (χ4n) is 2.56. The van der Waals surface area contributed by atoms with Crippen LogP contribution in [0.25, 0.3) is 0 Å². The number of amides is 1. The lowest BCUT2D eigenvalue weighted by Crippen LogP contribution is -2.27. The van der Waals surface area contributed by atoms with E-state index < -0.39 is 0 Å². The second kappa shape index (κ2) is 8.17. The Morgan fingerprint density at radius 3 is 2.64 bits per heavy atom. The molecule has 3 rings (SSSR count). The SMILES string of the molecule is O=C(Cc1ccc(Cl)cc1Cl)NCCc1cc(Cl)c2c(c1)OCCO2.